The maximum Gasteiger partial charge on any atom is 0.202 e. The summed E-state index contributed by atoms with van der Waals surface area (Å²) in [6.07, 6.45) is 6.43. The third-order valence-corrected chi connectivity index (χ3v) is 5.63. The van der Waals surface area contributed by atoms with E-state index in [4.69, 9.17) is 4.74 Å². The lowest BCUT2D eigenvalue weighted by molar-refractivity contribution is 0.413. The number of H-pyrrole nitrogens is 1. The highest BCUT2D eigenvalue weighted by atomic mass is 19.1. The van der Waals surface area contributed by atoms with Gasteiger partial charge in [0.15, 0.2) is 5.65 Å². The molecule has 2 unspecified atom stereocenters. The number of aromatic nitrogens is 4. The Labute approximate surface area is 179 Å². The van der Waals surface area contributed by atoms with Crippen molar-refractivity contribution in [2.24, 2.45) is 0 Å². The monoisotopic (exact) mass is 418 g/mol. The Balaban J connectivity index is 1.22. The van der Waals surface area contributed by atoms with Crippen LogP contribution < -0.4 is 15.4 Å². The van der Waals surface area contributed by atoms with E-state index in [0.29, 0.717) is 34.6 Å². The quantitative estimate of drug-likeness (QED) is 0.424. The minimum atomic E-state index is -0.327. The van der Waals surface area contributed by atoms with Gasteiger partial charge < -0.3 is 20.4 Å². The van der Waals surface area contributed by atoms with Crippen LogP contribution in [0.15, 0.2) is 54.9 Å². The lowest BCUT2D eigenvalue weighted by Crippen LogP contribution is -2.21. The molecule has 3 heterocycles. The van der Waals surface area contributed by atoms with Crippen LogP contribution in [0, 0.1) is 5.82 Å². The van der Waals surface area contributed by atoms with Crippen LogP contribution >= 0.6 is 0 Å². The number of halogens is 1. The Bertz CT molecular complexity index is 1160. The number of hydrogen-bond donors (Lipinski definition) is 3. The Morgan fingerprint density at radius 1 is 1.03 bits per heavy atom. The molecular weight excluding hydrogens is 395 g/mol. The first kappa shape index (κ1) is 19.3. The van der Waals surface area contributed by atoms with Gasteiger partial charge in [-0.05, 0) is 55.7 Å². The summed E-state index contributed by atoms with van der Waals surface area (Å²) in [5, 5.41) is 6.96. The smallest absolute Gasteiger partial charge is 0.202 e. The number of imidazole rings is 1. The first-order chi connectivity index (χ1) is 15.2. The number of benzene rings is 1. The predicted molar refractivity (Wildman–Crippen MR) is 119 cm³/mol. The van der Waals surface area contributed by atoms with Crippen LogP contribution in [0.4, 0.5) is 16.2 Å². The van der Waals surface area contributed by atoms with E-state index in [-0.39, 0.29) is 5.82 Å². The number of rotatable bonds is 6. The van der Waals surface area contributed by atoms with Crippen molar-refractivity contribution in [1.29, 1.82) is 0 Å². The van der Waals surface area contributed by atoms with E-state index in [1.165, 1.54) is 13.2 Å². The number of fused-ring (bicyclic) bond motifs is 1. The van der Waals surface area contributed by atoms with Crippen molar-refractivity contribution >= 4 is 22.9 Å². The fourth-order valence-electron chi connectivity index (χ4n) is 4.14. The molecule has 3 aromatic heterocycles. The normalized spacial score (nSPS) is 18.3. The fraction of sp³-hybridized carbons (Fsp3) is 0.261. The van der Waals surface area contributed by atoms with Gasteiger partial charge in [0.05, 0.1) is 18.2 Å². The van der Waals surface area contributed by atoms with E-state index < -0.39 is 0 Å². The van der Waals surface area contributed by atoms with E-state index in [9.17, 15) is 4.39 Å². The van der Waals surface area contributed by atoms with E-state index in [1.807, 2.05) is 24.3 Å². The van der Waals surface area contributed by atoms with E-state index in [2.05, 4.69) is 30.6 Å². The number of ether oxygens (including phenoxy) is 1. The number of aromatic amines is 1. The summed E-state index contributed by atoms with van der Waals surface area (Å²) >= 11 is 0. The largest absolute Gasteiger partial charge is 0.496 e. The number of pyridine rings is 2. The molecule has 0 spiro atoms. The number of nitrogens with zero attached hydrogens (tertiary/aromatic N) is 3. The molecule has 8 heteroatoms. The number of anilines is 2. The van der Waals surface area contributed by atoms with Gasteiger partial charge in [0.1, 0.15) is 17.4 Å². The summed E-state index contributed by atoms with van der Waals surface area (Å²) in [5.74, 6) is 1.69. The topological polar surface area (TPSA) is 87.8 Å². The van der Waals surface area contributed by atoms with Crippen molar-refractivity contribution < 1.29 is 9.13 Å². The van der Waals surface area contributed by atoms with Gasteiger partial charge in [-0.2, -0.15) is 4.98 Å². The summed E-state index contributed by atoms with van der Waals surface area (Å²) in [7, 11) is 1.54. The number of hydrogen-bond acceptors (Lipinski definition) is 6. The maximum atomic E-state index is 14.3. The summed E-state index contributed by atoms with van der Waals surface area (Å²) in [6.45, 7) is 0. The maximum absolute atomic E-state index is 14.3. The van der Waals surface area contributed by atoms with Gasteiger partial charge in [-0.1, -0.05) is 6.07 Å². The lowest BCUT2D eigenvalue weighted by Gasteiger charge is -2.15. The Morgan fingerprint density at radius 3 is 2.68 bits per heavy atom. The van der Waals surface area contributed by atoms with Crippen LogP contribution in [-0.2, 0) is 0 Å². The van der Waals surface area contributed by atoms with E-state index in [0.717, 1.165) is 36.5 Å². The third kappa shape index (κ3) is 4.01. The van der Waals surface area contributed by atoms with Crippen molar-refractivity contribution in [2.75, 3.05) is 17.7 Å². The molecule has 4 aromatic rings. The summed E-state index contributed by atoms with van der Waals surface area (Å²) in [4.78, 5) is 16.5. The van der Waals surface area contributed by atoms with E-state index >= 15 is 0 Å². The first-order valence-corrected chi connectivity index (χ1v) is 10.3. The Kier molecular flexibility index (Phi) is 5.11. The molecule has 1 aliphatic carbocycles. The molecule has 0 bridgehead atoms. The molecule has 7 nitrogen and oxygen atoms in total. The van der Waals surface area contributed by atoms with Gasteiger partial charge in [0.25, 0.3) is 0 Å². The fourth-order valence-corrected chi connectivity index (χ4v) is 4.14. The Hall–Kier alpha value is -3.68. The average molecular weight is 418 g/mol. The van der Waals surface area contributed by atoms with Crippen LogP contribution in [0.25, 0.3) is 22.3 Å². The van der Waals surface area contributed by atoms with Crippen molar-refractivity contribution in [3.8, 4) is 16.9 Å². The zero-order valence-electron chi connectivity index (χ0n) is 17.1. The molecule has 31 heavy (non-hydrogen) atoms. The SMILES string of the molecule is COc1cccc(F)c1-c1ccc(NC2CCC(Nc3nc4ncccc4[nH]3)C2)nc1. The van der Waals surface area contributed by atoms with Crippen molar-refractivity contribution in [1.82, 2.24) is 19.9 Å². The molecule has 1 fully saturated rings. The third-order valence-electron chi connectivity index (χ3n) is 5.63. The molecule has 0 amide bonds. The molecule has 1 aliphatic rings. The molecule has 158 valence electrons. The molecule has 0 aliphatic heterocycles. The summed E-state index contributed by atoms with van der Waals surface area (Å²) in [5.41, 5.74) is 2.75. The van der Waals surface area contributed by atoms with Crippen LogP contribution in [0.5, 0.6) is 5.75 Å². The van der Waals surface area contributed by atoms with Crippen LogP contribution in [0.1, 0.15) is 19.3 Å². The van der Waals surface area contributed by atoms with Crippen LogP contribution in [0.2, 0.25) is 0 Å². The molecule has 3 N–H and O–H groups in total. The van der Waals surface area contributed by atoms with Gasteiger partial charge in [-0.15, -0.1) is 0 Å². The second-order valence-corrected chi connectivity index (χ2v) is 7.70. The lowest BCUT2D eigenvalue weighted by atomic mass is 10.1. The molecule has 0 saturated heterocycles. The zero-order chi connectivity index (χ0) is 21.2. The first-order valence-electron chi connectivity index (χ1n) is 10.3. The standard InChI is InChI=1S/C23H23FN6O/c1-31-19-6-2-4-17(24)21(19)14-7-10-20(26-13-14)27-15-8-9-16(12-15)28-23-29-18-5-3-11-25-22(18)30-23/h2-7,10-11,13,15-16H,8-9,12H2,1H3,(H,26,27)(H2,25,28,29,30). The average Bonchev–Trinajstić information content (AvgIpc) is 3.40. The number of methoxy groups -OCH3 is 1. The number of nitrogens with one attached hydrogen (secondary N) is 3. The second kappa shape index (κ2) is 8.22. The highest BCUT2D eigenvalue weighted by Gasteiger charge is 2.25. The minimum Gasteiger partial charge on any atom is -0.496 e. The molecule has 1 saturated carbocycles. The van der Waals surface area contributed by atoms with Crippen LogP contribution in [0.3, 0.4) is 0 Å². The van der Waals surface area contributed by atoms with Gasteiger partial charge in [-0.25, -0.2) is 14.4 Å². The van der Waals surface area contributed by atoms with Gasteiger partial charge in [0, 0.05) is 30.0 Å². The Morgan fingerprint density at radius 2 is 1.90 bits per heavy atom. The van der Waals surface area contributed by atoms with Gasteiger partial charge >= 0.3 is 0 Å². The predicted octanol–water partition coefficient (Wildman–Crippen LogP) is 4.61. The highest BCUT2D eigenvalue weighted by molar-refractivity contribution is 5.73. The highest BCUT2D eigenvalue weighted by Crippen LogP contribution is 2.33. The summed E-state index contributed by atoms with van der Waals surface area (Å²) < 4.78 is 19.6. The van der Waals surface area contributed by atoms with Crippen LogP contribution in [-0.4, -0.2) is 39.1 Å². The van der Waals surface area contributed by atoms with Crippen molar-refractivity contribution in [3.63, 3.8) is 0 Å². The van der Waals surface area contributed by atoms with Gasteiger partial charge in [-0.3, -0.25) is 0 Å². The van der Waals surface area contributed by atoms with Crippen molar-refractivity contribution in [3.05, 3.63) is 60.7 Å². The molecular formula is C23H23FN6O. The summed E-state index contributed by atoms with van der Waals surface area (Å²) in [6, 6.07) is 13.0. The minimum absolute atomic E-state index is 0.307. The molecule has 5 rings (SSSR count). The molecule has 1 aromatic carbocycles. The molecule has 0 radical (unpaired) electrons. The second-order valence-electron chi connectivity index (χ2n) is 7.70. The zero-order valence-corrected chi connectivity index (χ0v) is 17.1. The van der Waals surface area contributed by atoms with Crippen molar-refractivity contribution in [2.45, 2.75) is 31.3 Å². The molecule has 2 atom stereocenters. The van der Waals surface area contributed by atoms with E-state index in [1.54, 1.807) is 24.5 Å². The van der Waals surface area contributed by atoms with Gasteiger partial charge in [0.2, 0.25) is 5.95 Å².